The Kier molecular flexibility index (Phi) is 6.96. The first kappa shape index (κ1) is 22.8. The van der Waals surface area contributed by atoms with Crippen molar-refractivity contribution in [3.8, 4) is 29.1 Å². The fraction of sp³-hybridized carbons (Fsp3) is 0.500. The molecule has 1 aromatic carbocycles. The van der Waals surface area contributed by atoms with Crippen LogP contribution in [0.25, 0.3) is 22.7 Å². The van der Waals surface area contributed by atoms with Gasteiger partial charge in [0.25, 0.3) is 11.6 Å². The third-order valence-corrected chi connectivity index (χ3v) is 5.62. The number of benzene rings is 1. The molecular weight excluding hydrogens is 426 g/mol. The standard InChI is InChI=1S/C24H29N3O6/c1-4-9-30-22-19-23(27-24(26-22)32-12-16-7-5-6-8-16)33-21(25-19)17-10-14(2)20(15(3)11-17)31-13-18(28)29/h10-11,16H,4-9,12-13H2,1-3H3,(H,28,29). The molecule has 0 aliphatic heterocycles. The summed E-state index contributed by atoms with van der Waals surface area (Å²) in [6.45, 7) is 6.38. The van der Waals surface area contributed by atoms with Gasteiger partial charge in [0.15, 0.2) is 12.1 Å². The van der Waals surface area contributed by atoms with Crippen LogP contribution in [0.2, 0.25) is 0 Å². The highest BCUT2D eigenvalue weighted by atomic mass is 16.5. The van der Waals surface area contributed by atoms with Crippen LogP contribution in [-0.4, -0.2) is 45.8 Å². The first-order valence-electron chi connectivity index (χ1n) is 11.3. The molecule has 0 unspecified atom stereocenters. The molecular formula is C24H29N3O6. The first-order valence-corrected chi connectivity index (χ1v) is 11.3. The molecule has 1 aliphatic rings. The Morgan fingerprint density at radius 3 is 2.48 bits per heavy atom. The van der Waals surface area contributed by atoms with Gasteiger partial charge in [-0.05, 0) is 62.3 Å². The van der Waals surface area contributed by atoms with E-state index in [1.54, 1.807) is 0 Å². The molecule has 4 rings (SSSR count). The van der Waals surface area contributed by atoms with Crippen LogP contribution in [0.1, 0.15) is 50.2 Å². The van der Waals surface area contributed by atoms with Gasteiger partial charge >= 0.3 is 12.0 Å². The SMILES string of the molecule is CCCOc1nc(OCC2CCCC2)nc2oc(-c3cc(C)c(OCC(=O)O)c(C)c3)nc12. The Balaban J connectivity index is 1.64. The summed E-state index contributed by atoms with van der Waals surface area (Å²) in [7, 11) is 0. The Bertz CT molecular complexity index is 1110. The molecule has 176 valence electrons. The van der Waals surface area contributed by atoms with Crippen molar-refractivity contribution in [1.82, 2.24) is 15.0 Å². The van der Waals surface area contributed by atoms with E-state index in [9.17, 15) is 4.79 Å². The van der Waals surface area contributed by atoms with Crippen LogP contribution >= 0.6 is 0 Å². The van der Waals surface area contributed by atoms with Crippen molar-refractivity contribution < 1.29 is 28.5 Å². The van der Waals surface area contributed by atoms with Gasteiger partial charge in [0, 0.05) is 5.56 Å². The van der Waals surface area contributed by atoms with Crippen LogP contribution < -0.4 is 14.2 Å². The third-order valence-electron chi connectivity index (χ3n) is 5.62. The summed E-state index contributed by atoms with van der Waals surface area (Å²) in [5, 5.41) is 8.89. The quantitative estimate of drug-likeness (QED) is 0.463. The monoisotopic (exact) mass is 455 g/mol. The van der Waals surface area contributed by atoms with E-state index in [4.69, 9.17) is 23.7 Å². The molecule has 1 saturated carbocycles. The van der Waals surface area contributed by atoms with Crippen LogP contribution in [0.5, 0.6) is 17.6 Å². The molecule has 9 nitrogen and oxygen atoms in total. The molecule has 3 aromatic rings. The molecule has 33 heavy (non-hydrogen) atoms. The molecule has 0 atom stereocenters. The maximum Gasteiger partial charge on any atom is 0.341 e. The number of aromatic nitrogens is 3. The second-order valence-electron chi connectivity index (χ2n) is 8.42. The summed E-state index contributed by atoms with van der Waals surface area (Å²) in [5.74, 6) is 0.743. The summed E-state index contributed by atoms with van der Waals surface area (Å²) in [4.78, 5) is 24.3. The molecule has 0 saturated heterocycles. The van der Waals surface area contributed by atoms with E-state index in [0.717, 1.165) is 23.1 Å². The molecule has 9 heteroatoms. The van der Waals surface area contributed by atoms with Crippen molar-refractivity contribution in [1.29, 1.82) is 0 Å². The molecule has 0 bridgehead atoms. The number of ether oxygens (including phenoxy) is 3. The number of oxazole rings is 1. The minimum atomic E-state index is -1.03. The van der Waals surface area contributed by atoms with Crippen molar-refractivity contribution in [2.75, 3.05) is 19.8 Å². The van der Waals surface area contributed by atoms with E-state index in [-0.39, 0.29) is 6.01 Å². The topological polar surface area (TPSA) is 117 Å². The van der Waals surface area contributed by atoms with Gasteiger partial charge in [0.1, 0.15) is 5.75 Å². The number of carbonyl (C=O) groups is 1. The van der Waals surface area contributed by atoms with Gasteiger partial charge < -0.3 is 23.7 Å². The summed E-state index contributed by atoms with van der Waals surface area (Å²) in [6.07, 6.45) is 5.63. The molecule has 0 spiro atoms. The maximum absolute atomic E-state index is 10.9. The van der Waals surface area contributed by atoms with Gasteiger partial charge in [0.2, 0.25) is 5.89 Å². The highest BCUT2D eigenvalue weighted by Gasteiger charge is 2.21. The largest absolute Gasteiger partial charge is 0.481 e. The molecule has 0 radical (unpaired) electrons. The molecule has 2 heterocycles. The highest BCUT2D eigenvalue weighted by molar-refractivity contribution is 5.78. The van der Waals surface area contributed by atoms with Crippen LogP contribution in [-0.2, 0) is 4.79 Å². The molecule has 1 aliphatic carbocycles. The van der Waals surface area contributed by atoms with Gasteiger partial charge in [0.05, 0.1) is 13.2 Å². The van der Waals surface area contributed by atoms with Crippen LogP contribution in [0.4, 0.5) is 0 Å². The zero-order valence-corrected chi connectivity index (χ0v) is 19.2. The third kappa shape index (κ3) is 5.35. The van der Waals surface area contributed by atoms with Crippen LogP contribution in [0, 0.1) is 19.8 Å². The summed E-state index contributed by atoms with van der Waals surface area (Å²) >= 11 is 0. The minimum Gasteiger partial charge on any atom is -0.481 e. The zero-order chi connectivity index (χ0) is 23.4. The van der Waals surface area contributed by atoms with Crippen molar-refractivity contribution in [3.05, 3.63) is 23.3 Å². The molecule has 1 fully saturated rings. The number of nitrogens with zero attached hydrogens (tertiary/aromatic N) is 3. The van der Waals surface area contributed by atoms with Crippen molar-refractivity contribution >= 4 is 17.2 Å². The lowest BCUT2D eigenvalue weighted by molar-refractivity contribution is -0.139. The lowest BCUT2D eigenvalue weighted by Crippen LogP contribution is -2.11. The van der Waals surface area contributed by atoms with Gasteiger partial charge in [-0.25, -0.2) is 9.78 Å². The lowest BCUT2D eigenvalue weighted by Gasteiger charge is -2.11. The average Bonchev–Trinajstić information content (AvgIpc) is 3.45. The number of fused-ring (bicyclic) bond motifs is 1. The minimum absolute atomic E-state index is 0.230. The van der Waals surface area contributed by atoms with E-state index in [1.807, 2.05) is 32.9 Å². The smallest absolute Gasteiger partial charge is 0.341 e. The number of rotatable bonds is 10. The number of carboxylic acids is 1. The van der Waals surface area contributed by atoms with Crippen molar-refractivity contribution in [2.24, 2.45) is 5.92 Å². The second-order valence-corrected chi connectivity index (χ2v) is 8.42. The molecule has 1 N–H and O–H groups in total. The number of hydrogen-bond donors (Lipinski definition) is 1. The van der Waals surface area contributed by atoms with Crippen molar-refractivity contribution in [3.63, 3.8) is 0 Å². The van der Waals surface area contributed by atoms with E-state index < -0.39 is 12.6 Å². The van der Waals surface area contributed by atoms with E-state index in [1.165, 1.54) is 25.7 Å². The number of carboxylic acid groups (broad SMARTS) is 1. The second kappa shape index (κ2) is 10.1. The first-order chi connectivity index (χ1) is 15.9. The Hall–Kier alpha value is -3.36. The van der Waals surface area contributed by atoms with Crippen molar-refractivity contribution in [2.45, 2.75) is 52.9 Å². The fourth-order valence-corrected chi connectivity index (χ4v) is 4.07. The van der Waals surface area contributed by atoms with Crippen LogP contribution in [0.3, 0.4) is 0 Å². The maximum atomic E-state index is 10.9. The number of hydrogen-bond acceptors (Lipinski definition) is 8. The summed E-state index contributed by atoms with van der Waals surface area (Å²) in [6, 6.07) is 3.91. The highest BCUT2D eigenvalue weighted by Crippen LogP contribution is 2.34. The molecule has 0 amide bonds. The predicted octanol–water partition coefficient (Wildman–Crippen LogP) is 4.72. The predicted molar refractivity (Wildman–Crippen MR) is 121 cm³/mol. The normalized spacial score (nSPS) is 14.0. The average molecular weight is 456 g/mol. The van der Waals surface area contributed by atoms with Gasteiger partial charge in [-0.15, -0.1) is 0 Å². The van der Waals surface area contributed by atoms with Gasteiger partial charge in [-0.3, -0.25) is 0 Å². The summed E-state index contributed by atoms with van der Waals surface area (Å²) in [5.41, 5.74) is 3.02. The Morgan fingerprint density at radius 1 is 1.09 bits per heavy atom. The van der Waals surface area contributed by atoms with E-state index in [0.29, 0.717) is 47.9 Å². The van der Waals surface area contributed by atoms with E-state index >= 15 is 0 Å². The molecule has 2 aromatic heterocycles. The zero-order valence-electron chi connectivity index (χ0n) is 19.2. The number of aliphatic carboxylic acids is 1. The Morgan fingerprint density at radius 2 is 1.82 bits per heavy atom. The van der Waals surface area contributed by atoms with Gasteiger partial charge in [-0.2, -0.15) is 9.97 Å². The summed E-state index contributed by atoms with van der Waals surface area (Å²) < 4.78 is 23.1. The Labute approximate surface area is 192 Å². The van der Waals surface area contributed by atoms with E-state index in [2.05, 4.69) is 15.0 Å². The van der Waals surface area contributed by atoms with Crippen LogP contribution in [0.15, 0.2) is 16.5 Å². The lowest BCUT2D eigenvalue weighted by atomic mass is 10.1. The fourth-order valence-electron chi connectivity index (χ4n) is 4.07. The van der Waals surface area contributed by atoms with Gasteiger partial charge in [-0.1, -0.05) is 19.8 Å². The number of aryl methyl sites for hydroxylation is 2.